The van der Waals surface area contributed by atoms with Gasteiger partial charge in [-0.25, -0.2) is 18.4 Å². The number of nitrogens with one attached hydrogen (secondary N) is 1. The van der Waals surface area contributed by atoms with Gasteiger partial charge in [0, 0.05) is 17.3 Å². The van der Waals surface area contributed by atoms with E-state index in [0.29, 0.717) is 6.07 Å². The SMILES string of the molecule is COC(=O)c1cc(NC(=O)c2cc(F)cc(F)c2)cc(C(=O)OC)c1. The predicted octanol–water partition coefficient (Wildman–Crippen LogP) is 2.79. The number of esters is 2. The number of ether oxygens (including phenoxy) is 2. The monoisotopic (exact) mass is 349 g/mol. The minimum atomic E-state index is -0.913. The first-order chi connectivity index (χ1) is 11.8. The summed E-state index contributed by atoms with van der Waals surface area (Å²) in [6, 6.07) is 6.07. The van der Waals surface area contributed by atoms with Crippen molar-refractivity contribution in [3.8, 4) is 0 Å². The number of amides is 1. The summed E-state index contributed by atoms with van der Waals surface area (Å²) in [5, 5.41) is 2.36. The molecule has 1 N–H and O–H groups in total. The van der Waals surface area contributed by atoms with Crippen LogP contribution < -0.4 is 5.32 Å². The summed E-state index contributed by atoms with van der Waals surface area (Å²) < 4.78 is 35.6. The highest BCUT2D eigenvalue weighted by atomic mass is 19.1. The number of benzene rings is 2. The molecule has 0 aliphatic heterocycles. The van der Waals surface area contributed by atoms with Crippen molar-refractivity contribution in [3.05, 3.63) is 64.7 Å². The third-order valence-corrected chi connectivity index (χ3v) is 3.16. The first-order valence-electron chi connectivity index (χ1n) is 6.93. The van der Waals surface area contributed by atoms with Gasteiger partial charge in [-0.3, -0.25) is 4.79 Å². The van der Waals surface area contributed by atoms with Crippen LogP contribution in [0.2, 0.25) is 0 Å². The van der Waals surface area contributed by atoms with Crippen molar-refractivity contribution in [2.24, 2.45) is 0 Å². The molecule has 2 aromatic rings. The zero-order chi connectivity index (χ0) is 18.6. The Morgan fingerprint density at radius 2 is 1.24 bits per heavy atom. The van der Waals surface area contributed by atoms with Crippen molar-refractivity contribution in [1.82, 2.24) is 0 Å². The van der Waals surface area contributed by atoms with Crippen molar-refractivity contribution < 1.29 is 32.6 Å². The van der Waals surface area contributed by atoms with E-state index in [9.17, 15) is 23.2 Å². The first-order valence-corrected chi connectivity index (χ1v) is 6.93. The third kappa shape index (κ3) is 4.37. The zero-order valence-electron chi connectivity index (χ0n) is 13.3. The Kier molecular flexibility index (Phi) is 5.43. The fourth-order valence-electron chi connectivity index (χ4n) is 2.06. The lowest BCUT2D eigenvalue weighted by atomic mass is 10.1. The molecule has 0 heterocycles. The van der Waals surface area contributed by atoms with Crippen LogP contribution in [-0.2, 0) is 9.47 Å². The molecule has 6 nitrogen and oxygen atoms in total. The Balaban J connectivity index is 2.38. The zero-order valence-corrected chi connectivity index (χ0v) is 13.3. The number of hydrogen-bond donors (Lipinski definition) is 1. The molecule has 0 saturated heterocycles. The Hall–Kier alpha value is -3.29. The van der Waals surface area contributed by atoms with Crippen LogP contribution in [0.15, 0.2) is 36.4 Å². The number of hydrogen-bond acceptors (Lipinski definition) is 5. The summed E-state index contributed by atoms with van der Waals surface area (Å²) in [6.07, 6.45) is 0. The topological polar surface area (TPSA) is 81.7 Å². The molecule has 1 amide bonds. The Labute approximate surface area is 141 Å². The molecule has 0 fully saturated rings. The molecular weight excluding hydrogens is 336 g/mol. The largest absolute Gasteiger partial charge is 0.465 e. The van der Waals surface area contributed by atoms with Gasteiger partial charge in [-0.1, -0.05) is 0 Å². The molecule has 0 aliphatic rings. The molecule has 2 aromatic carbocycles. The molecule has 0 radical (unpaired) electrons. The van der Waals surface area contributed by atoms with Crippen LogP contribution in [0.4, 0.5) is 14.5 Å². The lowest BCUT2D eigenvalue weighted by Gasteiger charge is -2.10. The minimum Gasteiger partial charge on any atom is -0.465 e. The highest BCUT2D eigenvalue weighted by Gasteiger charge is 2.16. The highest BCUT2D eigenvalue weighted by molar-refractivity contribution is 6.06. The summed E-state index contributed by atoms with van der Waals surface area (Å²) >= 11 is 0. The quantitative estimate of drug-likeness (QED) is 0.859. The summed E-state index contributed by atoms with van der Waals surface area (Å²) in [7, 11) is 2.31. The fraction of sp³-hybridized carbons (Fsp3) is 0.118. The lowest BCUT2D eigenvalue weighted by Crippen LogP contribution is -2.14. The van der Waals surface area contributed by atoms with E-state index in [1.165, 1.54) is 18.2 Å². The van der Waals surface area contributed by atoms with Crippen molar-refractivity contribution in [1.29, 1.82) is 0 Å². The number of carbonyl (C=O) groups excluding carboxylic acids is 3. The Bertz CT molecular complexity index is 796. The van der Waals surface area contributed by atoms with Gasteiger partial charge in [0.05, 0.1) is 25.3 Å². The van der Waals surface area contributed by atoms with Crippen molar-refractivity contribution in [3.63, 3.8) is 0 Å². The van der Waals surface area contributed by atoms with Gasteiger partial charge in [0.1, 0.15) is 11.6 Å². The lowest BCUT2D eigenvalue weighted by molar-refractivity contribution is 0.0599. The first kappa shape index (κ1) is 18.1. The van der Waals surface area contributed by atoms with Crippen molar-refractivity contribution in [2.45, 2.75) is 0 Å². The van der Waals surface area contributed by atoms with Crippen LogP contribution in [-0.4, -0.2) is 32.1 Å². The molecular formula is C17H13F2NO5. The number of anilines is 1. The predicted molar refractivity (Wildman–Crippen MR) is 83.4 cm³/mol. The molecule has 2 rings (SSSR count). The molecule has 0 aliphatic carbocycles. The van der Waals surface area contributed by atoms with Crippen molar-refractivity contribution >= 4 is 23.5 Å². The molecule has 25 heavy (non-hydrogen) atoms. The third-order valence-electron chi connectivity index (χ3n) is 3.16. The second-order valence-electron chi connectivity index (χ2n) is 4.89. The van der Waals surface area contributed by atoms with E-state index in [1.54, 1.807) is 0 Å². The molecule has 130 valence electrons. The van der Waals surface area contributed by atoms with E-state index in [0.717, 1.165) is 26.4 Å². The van der Waals surface area contributed by atoms with Gasteiger partial charge in [0.2, 0.25) is 0 Å². The van der Waals surface area contributed by atoms with Crippen LogP contribution >= 0.6 is 0 Å². The van der Waals surface area contributed by atoms with Crippen LogP contribution in [0.25, 0.3) is 0 Å². The number of methoxy groups -OCH3 is 2. The highest BCUT2D eigenvalue weighted by Crippen LogP contribution is 2.18. The van der Waals surface area contributed by atoms with Gasteiger partial charge < -0.3 is 14.8 Å². The van der Waals surface area contributed by atoms with Gasteiger partial charge in [-0.05, 0) is 30.3 Å². The smallest absolute Gasteiger partial charge is 0.337 e. The average Bonchev–Trinajstić information content (AvgIpc) is 2.59. The second kappa shape index (κ2) is 7.52. The normalized spacial score (nSPS) is 10.1. The van der Waals surface area contributed by atoms with Crippen LogP contribution in [0.1, 0.15) is 31.1 Å². The minimum absolute atomic E-state index is 0.00822. The molecule has 0 aromatic heterocycles. The van der Waals surface area contributed by atoms with Gasteiger partial charge in [0.25, 0.3) is 5.91 Å². The summed E-state index contributed by atoms with van der Waals surface area (Å²) in [5.41, 5.74) is -0.226. The fourth-order valence-corrected chi connectivity index (χ4v) is 2.06. The van der Waals surface area contributed by atoms with Gasteiger partial charge >= 0.3 is 11.9 Å². The molecule has 0 unspecified atom stereocenters. The van der Waals surface area contributed by atoms with Crippen molar-refractivity contribution in [2.75, 3.05) is 19.5 Å². The maximum Gasteiger partial charge on any atom is 0.337 e. The van der Waals surface area contributed by atoms with E-state index in [2.05, 4.69) is 14.8 Å². The maximum atomic E-state index is 13.2. The average molecular weight is 349 g/mol. The Morgan fingerprint density at radius 1 is 0.760 bits per heavy atom. The summed E-state index contributed by atoms with van der Waals surface area (Å²) in [6.45, 7) is 0. The molecule has 0 saturated carbocycles. The van der Waals surface area contributed by atoms with E-state index < -0.39 is 29.5 Å². The van der Waals surface area contributed by atoms with Crippen LogP contribution in [0.3, 0.4) is 0 Å². The van der Waals surface area contributed by atoms with Gasteiger partial charge in [0.15, 0.2) is 0 Å². The van der Waals surface area contributed by atoms with E-state index in [1.807, 2.05) is 0 Å². The number of rotatable bonds is 4. The van der Waals surface area contributed by atoms with Gasteiger partial charge in [-0.15, -0.1) is 0 Å². The van der Waals surface area contributed by atoms with Crippen LogP contribution in [0, 0.1) is 11.6 Å². The maximum absolute atomic E-state index is 13.2. The van der Waals surface area contributed by atoms with E-state index in [4.69, 9.17) is 0 Å². The molecule has 0 bridgehead atoms. The van der Waals surface area contributed by atoms with E-state index >= 15 is 0 Å². The van der Waals surface area contributed by atoms with Crippen LogP contribution in [0.5, 0.6) is 0 Å². The molecule has 0 spiro atoms. The second-order valence-corrected chi connectivity index (χ2v) is 4.89. The Morgan fingerprint density at radius 3 is 1.68 bits per heavy atom. The number of halogens is 2. The van der Waals surface area contributed by atoms with E-state index in [-0.39, 0.29) is 22.4 Å². The standard InChI is InChI=1S/C17H13F2NO5/c1-24-16(22)10-3-11(17(23)25-2)7-14(6-10)20-15(21)9-4-12(18)8-13(19)5-9/h3-8H,1-2H3,(H,20,21). The van der Waals surface area contributed by atoms with Gasteiger partial charge in [-0.2, -0.15) is 0 Å². The number of carbonyl (C=O) groups is 3. The molecule has 0 atom stereocenters. The summed E-state index contributed by atoms with van der Waals surface area (Å²) in [4.78, 5) is 35.5. The molecule has 8 heteroatoms. The summed E-state index contributed by atoms with van der Waals surface area (Å²) in [5.74, 6) is -4.13.